The Morgan fingerprint density at radius 2 is 2.36 bits per heavy atom. The van der Waals surface area contributed by atoms with Gasteiger partial charge in [-0.3, -0.25) is 4.90 Å². The summed E-state index contributed by atoms with van der Waals surface area (Å²) in [7, 11) is 0. The molecule has 1 saturated heterocycles. The van der Waals surface area contributed by atoms with E-state index in [-0.39, 0.29) is 0 Å². The third-order valence-corrected chi connectivity index (χ3v) is 2.81. The number of piperidine rings is 1. The Morgan fingerprint density at radius 3 is 3.00 bits per heavy atom. The minimum Gasteiger partial charge on any atom is -0.313 e. The molecular weight excluding hydrogens is 172 g/mol. The van der Waals surface area contributed by atoms with Gasteiger partial charge in [-0.2, -0.15) is 0 Å². The van der Waals surface area contributed by atoms with Gasteiger partial charge in [-0.1, -0.05) is 20.4 Å². The maximum Gasteiger partial charge on any atom is 0.0202 e. The van der Waals surface area contributed by atoms with Gasteiger partial charge in [0, 0.05) is 19.6 Å². The number of hydrogen-bond donors (Lipinski definition) is 1. The lowest BCUT2D eigenvalue weighted by Gasteiger charge is -2.31. The smallest absolute Gasteiger partial charge is 0.0202 e. The Kier molecular flexibility index (Phi) is 5.20. The minimum absolute atomic E-state index is 0.871. The van der Waals surface area contributed by atoms with Crippen LogP contribution in [0.5, 0.6) is 0 Å². The molecule has 2 nitrogen and oxygen atoms in total. The van der Waals surface area contributed by atoms with Crippen molar-refractivity contribution < 1.29 is 0 Å². The van der Waals surface area contributed by atoms with Gasteiger partial charge in [-0.25, -0.2) is 0 Å². The van der Waals surface area contributed by atoms with Crippen LogP contribution in [0.1, 0.15) is 26.7 Å². The van der Waals surface area contributed by atoms with Gasteiger partial charge in [0.05, 0.1) is 0 Å². The van der Waals surface area contributed by atoms with Gasteiger partial charge in [0.15, 0.2) is 0 Å². The first kappa shape index (κ1) is 11.7. The summed E-state index contributed by atoms with van der Waals surface area (Å²) in [5.41, 5.74) is 1.32. The fraction of sp³-hybridized carbons (Fsp3) is 0.833. The van der Waals surface area contributed by atoms with E-state index in [9.17, 15) is 0 Å². The fourth-order valence-electron chi connectivity index (χ4n) is 2.10. The van der Waals surface area contributed by atoms with E-state index < -0.39 is 0 Å². The maximum atomic E-state index is 4.11. The molecule has 0 aromatic rings. The summed E-state index contributed by atoms with van der Waals surface area (Å²) in [6.45, 7) is 14.2. The molecule has 1 heterocycles. The van der Waals surface area contributed by atoms with Crippen LogP contribution in [0.15, 0.2) is 12.2 Å². The van der Waals surface area contributed by atoms with E-state index in [2.05, 4.69) is 30.6 Å². The highest BCUT2D eigenvalue weighted by atomic mass is 15.1. The molecule has 14 heavy (non-hydrogen) atoms. The van der Waals surface area contributed by atoms with Crippen LogP contribution in [0.3, 0.4) is 0 Å². The Balaban J connectivity index is 2.18. The topological polar surface area (TPSA) is 15.3 Å². The van der Waals surface area contributed by atoms with Crippen LogP contribution in [0.4, 0.5) is 0 Å². The summed E-state index contributed by atoms with van der Waals surface area (Å²) >= 11 is 0. The van der Waals surface area contributed by atoms with Crippen molar-refractivity contribution in [3.8, 4) is 0 Å². The Labute approximate surface area is 88.4 Å². The summed E-state index contributed by atoms with van der Waals surface area (Å²) in [5.74, 6) is 0.871. The van der Waals surface area contributed by atoms with Gasteiger partial charge >= 0.3 is 0 Å². The Hall–Kier alpha value is -0.340. The maximum absolute atomic E-state index is 4.11. The molecular formula is C12H24N2. The van der Waals surface area contributed by atoms with Crippen molar-refractivity contribution in [2.45, 2.75) is 26.7 Å². The second kappa shape index (κ2) is 6.20. The average molecular weight is 196 g/mol. The molecule has 1 aliphatic rings. The zero-order chi connectivity index (χ0) is 10.4. The molecule has 1 N–H and O–H groups in total. The van der Waals surface area contributed by atoms with Crippen LogP contribution in [0.2, 0.25) is 0 Å². The lowest BCUT2D eigenvalue weighted by atomic mass is 10.00. The van der Waals surface area contributed by atoms with Gasteiger partial charge in [0.1, 0.15) is 0 Å². The van der Waals surface area contributed by atoms with Gasteiger partial charge in [-0.05, 0) is 37.4 Å². The summed E-state index contributed by atoms with van der Waals surface area (Å²) in [4.78, 5) is 2.54. The molecule has 0 amide bonds. The van der Waals surface area contributed by atoms with E-state index in [1.54, 1.807) is 0 Å². The molecule has 1 rings (SSSR count). The van der Waals surface area contributed by atoms with Crippen molar-refractivity contribution in [3.63, 3.8) is 0 Å². The molecule has 0 aromatic heterocycles. The molecule has 1 fully saturated rings. The van der Waals surface area contributed by atoms with E-state index in [0.29, 0.717) is 0 Å². The normalized spacial score (nSPS) is 23.7. The van der Waals surface area contributed by atoms with Gasteiger partial charge < -0.3 is 5.32 Å². The summed E-state index contributed by atoms with van der Waals surface area (Å²) in [6.07, 6.45) is 2.76. The molecule has 82 valence electrons. The third kappa shape index (κ3) is 4.25. The summed E-state index contributed by atoms with van der Waals surface area (Å²) in [6, 6.07) is 0. The van der Waals surface area contributed by atoms with E-state index in [1.165, 1.54) is 31.5 Å². The molecule has 0 saturated carbocycles. The van der Waals surface area contributed by atoms with E-state index in [4.69, 9.17) is 0 Å². The van der Waals surface area contributed by atoms with Crippen molar-refractivity contribution in [2.24, 2.45) is 5.92 Å². The monoisotopic (exact) mass is 196 g/mol. The average Bonchev–Trinajstić information content (AvgIpc) is 2.15. The first-order valence-corrected chi connectivity index (χ1v) is 5.82. The van der Waals surface area contributed by atoms with E-state index in [0.717, 1.165) is 25.6 Å². The zero-order valence-electron chi connectivity index (χ0n) is 9.68. The molecule has 1 aliphatic heterocycles. The minimum atomic E-state index is 0.871. The highest BCUT2D eigenvalue weighted by Gasteiger charge is 2.16. The number of rotatable bonds is 5. The van der Waals surface area contributed by atoms with Crippen LogP contribution >= 0.6 is 0 Å². The SMILES string of the molecule is C=C(CNCC)CN1CCCC(C)C1. The Bertz CT molecular complexity index is 177. The van der Waals surface area contributed by atoms with Crippen LogP contribution in [-0.2, 0) is 0 Å². The van der Waals surface area contributed by atoms with Crippen LogP contribution < -0.4 is 5.32 Å². The summed E-state index contributed by atoms with van der Waals surface area (Å²) in [5, 5.41) is 3.32. The van der Waals surface area contributed by atoms with E-state index >= 15 is 0 Å². The molecule has 1 unspecified atom stereocenters. The predicted molar refractivity (Wildman–Crippen MR) is 62.5 cm³/mol. The predicted octanol–water partition coefficient (Wildman–Crippen LogP) is 1.88. The van der Waals surface area contributed by atoms with Crippen LogP contribution in [0.25, 0.3) is 0 Å². The second-order valence-corrected chi connectivity index (χ2v) is 4.51. The molecule has 2 heteroatoms. The summed E-state index contributed by atoms with van der Waals surface area (Å²) < 4.78 is 0. The van der Waals surface area contributed by atoms with Gasteiger partial charge in [0.2, 0.25) is 0 Å². The third-order valence-electron chi connectivity index (χ3n) is 2.81. The van der Waals surface area contributed by atoms with Crippen molar-refractivity contribution in [3.05, 3.63) is 12.2 Å². The first-order chi connectivity index (χ1) is 6.72. The standard InChI is InChI=1S/C12H24N2/c1-4-13-8-12(3)10-14-7-5-6-11(2)9-14/h11,13H,3-10H2,1-2H3. The first-order valence-electron chi connectivity index (χ1n) is 5.82. The molecule has 0 aliphatic carbocycles. The van der Waals surface area contributed by atoms with Crippen molar-refractivity contribution in [1.29, 1.82) is 0 Å². The second-order valence-electron chi connectivity index (χ2n) is 4.51. The number of likely N-dealkylation sites (tertiary alicyclic amines) is 1. The Morgan fingerprint density at radius 1 is 1.57 bits per heavy atom. The van der Waals surface area contributed by atoms with Gasteiger partial charge in [-0.15, -0.1) is 0 Å². The molecule has 1 atom stereocenters. The molecule has 0 spiro atoms. The molecule has 0 radical (unpaired) electrons. The fourth-order valence-corrected chi connectivity index (χ4v) is 2.10. The number of hydrogen-bond acceptors (Lipinski definition) is 2. The lowest BCUT2D eigenvalue weighted by Crippen LogP contribution is -2.36. The largest absolute Gasteiger partial charge is 0.313 e. The van der Waals surface area contributed by atoms with Crippen LogP contribution in [-0.4, -0.2) is 37.6 Å². The van der Waals surface area contributed by atoms with Crippen LogP contribution in [0, 0.1) is 5.92 Å². The zero-order valence-corrected chi connectivity index (χ0v) is 9.68. The molecule has 0 bridgehead atoms. The number of nitrogens with zero attached hydrogens (tertiary/aromatic N) is 1. The van der Waals surface area contributed by atoms with Gasteiger partial charge in [0.25, 0.3) is 0 Å². The number of nitrogens with one attached hydrogen (secondary N) is 1. The highest BCUT2D eigenvalue weighted by molar-refractivity contribution is 5.00. The van der Waals surface area contributed by atoms with Crippen molar-refractivity contribution >= 4 is 0 Å². The quantitative estimate of drug-likeness (QED) is 0.675. The highest BCUT2D eigenvalue weighted by Crippen LogP contribution is 2.15. The molecule has 0 aromatic carbocycles. The van der Waals surface area contributed by atoms with Crippen molar-refractivity contribution in [1.82, 2.24) is 10.2 Å². The van der Waals surface area contributed by atoms with Crippen molar-refractivity contribution in [2.75, 3.05) is 32.7 Å². The van der Waals surface area contributed by atoms with E-state index in [1.807, 2.05) is 0 Å². The lowest BCUT2D eigenvalue weighted by molar-refractivity contribution is 0.197. The number of likely N-dealkylation sites (N-methyl/N-ethyl adjacent to an activating group) is 1.